The Labute approximate surface area is 266 Å². The number of para-hydroxylation sites is 2. The molecule has 0 radical (unpaired) electrons. The third kappa shape index (κ3) is 4.63. The molecule has 0 aliphatic heterocycles. The maximum absolute atomic E-state index is 7.97. The fourth-order valence-electron chi connectivity index (χ4n) is 6.20. The number of hydrogen-bond donors (Lipinski definition) is 0. The lowest BCUT2D eigenvalue weighted by atomic mass is 9.91. The molecule has 0 amide bonds. The SMILES string of the molecule is [C-]#[N+]c1ccccc1-c1nc(-c2ccccc2[N+]#[C-])c2cc(-c3ccc4ccccc4c3)cc(-c3ccc4ccccc4c3)c2n1. The van der Waals surface area contributed by atoms with Crippen LogP contribution in [-0.2, 0) is 0 Å². The van der Waals surface area contributed by atoms with Gasteiger partial charge < -0.3 is 0 Å². The number of nitrogens with zero attached hydrogens (tertiary/aromatic N) is 4. The molecule has 0 spiro atoms. The molecule has 212 valence electrons. The Balaban J connectivity index is 1.51. The van der Waals surface area contributed by atoms with Gasteiger partial charge in [-0.2, -0.15) is 0 Å². The molecule has 0 atom stereocenters. The number of aromatic nitrogens is 2. The van der Waals surface area contributed by atoms with Crippen LogP contribution in [0, 0.1) is 13.1 Å². The summed E-state index contributed by atoms with van der Waals surface area (Å²) in [5, 5.41) is 5.48. The maximum atomic E-state index is 7.97. The van der Waals surface area contributed by atoms with Gasteiger partial charge in [-0.15, -0.1) is 0 Å². The van der Waals surface area contributed by atoms with E-state index in [2.05, 4.69) is 101 Å². The van der Waals surface area contributed by atoms with Crippen molar-refractivity contribution in [3.05, 3.63) is 168 Å². The molecule has 8 rings (SSSR count). The molecule has 46 heavy (non-hydrogen) atoms. The van der Waals surface area contributed by atoms with E-state index in [0.29, 0.717) is 28.5 Å². The van der Waals surface area contributed by atoms with Crippen LogP contribution in [0.3, 0.4) is 0 Å². The predicted molar refractivity (Wildman–Crippen MR) is 189 cm³/mol. The van der Waals surface area contributed by atoms with Crippen LogP contribution in [-0.4, -0.2) is 9.97 Å². The molecule has 0 N–H and O–H groups in total. The lowest BCUT2D eigenvalue weighted by Crippen LogP contribution is -1.98. The summed E-state index contributed by atoms with van der Waals surface area (Å²) in [4.78, 5) is 18.0. The molecule has 0 saturated carbocycles. The van der Waals surface area contributed by atoms with Gasteiger partial charge in [-0.05, 0) is 62.5 Å². The molecule has 0 saturated heterocycles. The summed E-state index contributed by atoms with van der Waals surface area (Å²) in [5.41, 5.74) is 7.89. The van der Waals surface area contributed by atoms with Crippen LogP contribution in [0.2, 0.25) is 0 Å². The van der Waals surface area contributed by atoms with Gasteiger partial charge in [-0.1, -0.05) is 121 Å². The number of benzene rings is 7. The lowest BCUT2D eigenvalue weighted by Gasteiger charge is -2.17. The number of rotatable bonds is 4. The lowest BCUT2D eigenvalue weighted by molar-refractivity contribution is 1.23. The van der Waals surface area contributed by atoms with Crippen LogP contribution >= 0.6 is 0 Å². The van der Waals surface area contributed by atoms with E-state index < -0.39 is 0 Å². The fraction of sp³-hybridized carbons (Fsp3) is 0. The molecule has 1 heterocycles. The van der Waals surface area contributed by atoms with Crippen LogP contribution in [0.15, 0.2) is 146 Å². The highest BCUT2D eigenvalue weighted by Gasteiger charge is 2.20. The Morgan fingerprint density at radius 1 is 0.413 bits per heavy atom. The second-order valence-electron chi connectivity index (χ2n) is 11.2. The van der Waals surface area contributed by atoms with Crippen molar-refractivity contribution in [2.45, 2.75) is 0 Å². The largest absolute Gasteiger partial charge is 0.237 e. The van der Waals surface area contributed by atoms with Gasteiger partial charge in [-0.3, -0.25) is 0 Å². The van der Waals surface area contributed by atoms with E-state index in [-0.39, 0.29) is 0 Å². The zero-order valence-corrected chi connectivity index (χ0v) is 24.6. The standard InChI is InChI=1S/C42H24N4/c1-43-38-17-9-7-15-34(38)40-37-26-33(31-21-19-27-11-3-5-13-29(27)23-31)25-36(32-22-20-28-12-4-6-14-30(28)24-32)41(37)46-42(45-40)35-16-8-10-18-39(35)44-2/h3-26H. The van der Waals surface area contributed by atoms with E-state index in [9.17, 15) is 0 Å². The molecule has 1 aromatic heterocycles. The highest BCUT2D eigenvalue weighted by Crippen LogP contribution is 2.42. The Hall–Kier alpha value is -6.62. The third-order valence-electron chi connectivity index (χ3n) is 8.49. The van der Waals surface area contributed by atoms with Gasteiger partial charge in [0.05, 0.1) is 24.4 Å². The fourth-order valence-corrected chi connectivity index (χ4v) is 6.20. The molecule has 7 aromatic carbocycles. The molecule has 0 bridgehead atoms. The first-order valence-electron chi connectivity index (χ1n) is 15.0. The molecule has 4 nitrogen and oxygen atoms in total. The van der Waals surface area contributed by atoms with Gasteiger partial charge >= 0.3 is 0 Å². The Morgan fingerprint density at radius 2 is 0.957 bits per heavy atom. The van der Waals surface area contributed by atoms with Crippen molar-refractivity contribution in [3.63, 3.8) is 0 Å². The van der Waals surface area contributed by atoms with Gasteiger partial charge in [-0.25, -0.2) is 19.7 Å². The Morgan fingerprint density at radius 3 is 1.63 bits per heavy atom. The van der Waals surface area contributed by atoms with Crippen molar-refractivity contribution in [3.8, 4) is 44.9 Å². The van der Waals surface area contributed by atoms with Crippen LogP contribution in [0.5, 0.6) is 0 Å². The van der Waals surface area contributed by atoms with E-state index in [1.807, 2.05) is 48.5 Å². The Kier molecular flexibility index (Phi) is 6.53. The summed E-state index contributed by atoms with van der Waals surface area (Å²) in [6.07, 6.45) is 0. The highest BCUT2D eigenvalue weighted by atomic mass is 14.9. The summed E-state index contributed by atoms with van der Waals surface area (Å²) in [5.74, 6) is 0.453. The zero-order chi connectivity index (χ0) is 31.0. The monoisotopic (exact) mass is 584 g/mol. The molecule has 8 aromatic rings. The quantitative estimate of drug-likeness (QED) is 0.193. The van der Waals surface area contributed by atoms with Gasteiger partial charge in [0.25, 0.3) is 0 Å². The smallest absolute Gasteiger partial charge is 0.198 e. The minimum Gasteiger partial charge on any atom is -0.237 e. The van der Waals surface area contributed by atoms with Gasteiger partial charge in [0.15, 0.2) is 11.4 Å². The van der Waals surface area contributed by atoms with E-state index in [4.69, 9.17) is 23.1 Å². The summed E-state index contributed by atoms with van der Waals surface area (Å²) in [6.45, 7) is 15.8. The summed E-state index contributed by atoms with van der Waals surface area (Å²) >= 11 is 0. The van der Waals surface area contributed by atoms with Crippen molar-refractivity contribution in [1.82, 2.24) is 9.97 Å². The third-order valence-corrected chi connectivity index (χ3v) is 8.49. The second-order valence-corrected chi connectivity index (χ2v) is 11.2. The van der Waals surface area contributed by atoms with Crippen molar-refractivity contribution >= 4 is 43.8 Å². The Bertz CT molecular complexity index is 2570. The van der Waals surface area contributed by atoms with E-state index in [1.54, 1.807) is 6.07 Å². The molecule has 0 aliphatic carbocycles. The van der Waals surface area contributed by atoms with Gasteiger partial charge in [0.2, 0.25) is 0 Å². The van der Waals surface area contributed by atoms with Crippen LogP contribution in [0.1, 0.15) is 0 Å². The molecule has 4 heteroatoms. The second kappa shape index (κ2) is 11.1. The van der Waals surface area contributed by atoms with Crippen LogP contribution in [0.4, 0.5) is 11.4 Å². The average molecular weight is 585 g/mol. The first-order chi connectivity index (χ1) is 22.7. The molecule has 0 aliphatic rings. The summed E-state index contributed by atoms with van der Waals surface area (Å²) in [6, 6.07) is 49.1. The molecular weight excluding hydrogens is 560 g/mol. The minimum absolute atomic E-state index is 0.453. The first kappa shape index (κ1) is 27.0. The van der Waals surface area contributed by atoms with Crippen molar-refractivity contribution in [1.29, 1.82) is 0 Å². The number of hydrogen-bond acceptors (Lipinski definition) is 2. The number of fused-ring (bicyclic) bond motifs is 3. The van der Waals surface area contributed by atoms with E-state index >= 15 is 0 Å². The summed E-state index contributed by atoms with van der Waals surface area (Å²) < 4.78 is 0. The van der Waals surface area contributed by atoms with Crippen molar-refractivity contribution in [2.75, 3.05) is 0 Å². The molecular formula is C42H24N4. The topological polar surface area (TPSA) is 34.5 Å². The normalized spacial score (nSPS) is 11.0. The molecule has 0 unspecified atom stereocenters. The minimum atomic E-state index is 0.453. The van der Waals surface area contributed by atoms with Gasteiger partial charge in [0, 0.05) is 22.1 Å². The first-order valence-corrected chi connectivity index (χ1v) is 15.0. The predicted octanol–water partition coefficient (Wildman–Crippen LogP) is 11.7. The van der Waals surface area contributed by atoms with E-state index in [1.165, 1.54) is 5.39 Å². The van der Waals surface area contributed by atoms with Gasteiger partial charge in [0.1, 0.15) is 5.82 Å². The van der Waals surface area contributed by atoms with Crippen LogP contribution < -0.4 is 0 Å². The summed E-state index contributed by atoms with van der Waals surface area (Å²) in [7, 11) is 0. The maximum Gasteiger partial charge on any atom is 0.198 e. The van der Waals surface area contributed by atoms with Crippen LogP contribution in [0.25, 0.3) is 87.0 Å². The van der Waals surface area contributed by atoms with Crippen molar-refractivity contribution in [2.24, 2.45) is 0 Å². The highest BCUT2D eigenvalue weighted by molar-refractivity contribution is 6.07. The van der Waals surface area contributed by atoms with E-state index in [0.717, 1.165) is 54.9 Å². The average Bonchev–Trinajstić information content (AvgIpc) is 3.13. The molecule has 0 fully saturated rings. The zero-order valence-electron chi connectivity index (χ0n) is 24.6. The van der Waals surface area contributed by atoms with Crippen molar-refractivity contribution < 1.29 is 0 Å².